The van der Waals surface area contributed by atoms with E-state index in [-0.39, 0.29) is 22.1 Å². The van der Waals surface area contributed by atoms with Gasteiger partial charge in [0.2, 0.25) is 0 Å². The van der Waals surface area contributed by atoms with Crippen molar-refractivity contribution in [2.45, 2.75) is 0 Å². The molecule has 0 atom stereocenters. The summed E-state index contributed by atoms with van der Waals surface area (Å²) >= 11 is 1.11. The molecule has 0 aliphatic rings. The Morgan fingerprint density at radius 1 is 1.12 bits per heavy atom. The number of hydrogen-bond donors (Lipinski definition) is 1. The number of halogens is 2. The van der Waals surface area contributed by atoms with E-state index in [1.165, 1.54) is 0 Å². The van der Waals surface area contributed by atoms with Crippen molar-refractivity contribution < 1.29 is 18.0 Å². The van der Waals surface area contributed by atoms with Crippen molar-refractivity contribution in [1.29, 1.82) is 0 Å². The molecular weight excluding hydrogens is 346 g/mol. The number of aromatic nitrogens is 1. The zero-order valence-electron chi connectivity index (χ0n) is 12.6. The minimum absolute atomic E-state index is 0.0421. The monoisotopic (exact) mass is 356 g/mol. The molecule has 124 valence electrons. The molecule has 0 radical (unpaired) electrons. The summed E-state index contributed by atoms with van der Waals surface area (Å²) in [7, 11) is 0. The standard InChI is InChI=1S/C18H10F2N2O2S/c19-11-5-6-13(20)12(8-11)14-9-25-18(21-14)22-17(23)16-7-10-3-1-2-4-15(10)24-16/h1-9H,(H,21,22,23). The number of fused-ring (bicyclic) bond motifs is 1. The fourth-order valence-corrected chi connectivity index (χ4v) is 3.11. The Labute approximate surface area is 144 Å². The van der Waals surface area contributed by atoms with Gasteiger partial charge in [0, 0.05) is 16.3 Å². The van der Waals surface area contributed by atoms with Crippen LogP contribution in [0.4, 0.5) is 13.9 Å². The van der Waals surface area contributed by atoms with Crippen LogP contribution in [0.15, 0.2) is 58.3 Å². The molecule has 0 spiro atoms. The van der Waals surface area contributed by atoms with Gasteiger partial charge in [0.15, 0.2) is 10.9 Å². The Hall–Kier alpha value is -3.06. The van der Waals surface area contributed by atoms with Gasteiger partial charge in [-0.1, -0.05) is 18.2 Å². The predicted molar refractivity (Wildman–Crippen MR) is 91.6 cm³/mol. The summed E-state index contributed by atoms with van der Waals surface area (Å²) in [6.07, 6.45) is 0. The van der Waals surface area contributed by atoms with Gasteiger partial charge < -0.3 is 4.42 Å². The molecule has 0 aliphatic carbocycles. The third-order valence-corrected chi connectivity index (χ3v) is 4.34. The van der Waals surface area contributed by atoms with Gasteiger partial charge in [-0.05, 0) is 30.3 Å². The molecule has 1 amide bonds. The third-order valence-electron chi connectivity index (χ3n) is 3.58. The molecule has 2 aromatic heterocycles. The van der Waals surface area contributed by atoms with Crippen LogP contribution in [0.1, 0.15) is 10.6 Å². The van der Waals surface area contributed by atoms with E-state index in [4.69, 9.17) is 4.42 Å². The van der Waals surface area contributed by atoms with E-state index < -0.39 is 17.5 Å². The van der Waals surface area contributed by atoms with Gasteiger partial charge >= 0.3 is 0 Å². The number of thiazole rings is 1. The first-order valence-electron chi connectivity index (χ1n) is 7.31. The SMILES string of the molecule is O=C(Nc1nc(-c2cc(F)ccc2F)cs1)c1cc2ccccc2o1. The number of carbonyl (C=O) groups excluding carboxylic acids is 1. The molecule has 0 aliphatic heterocycles. The van der Waals surface area contributed by atoms with Crippen LogP contribution in [-0.4, -0.2) is 10.9 Å². The first-order chi connectivity index (χ1) is 12.1. The Morgan fingerprint density at radius 3 is 2.80 bits per heavy atom. The maximum absolute atomic E-state index is 13.8. The van der Waals surface area contributed by atoms with Gasteiger partial charge in [0.05, 0.1) is 5.69 Å². The summed E-state index contributed by atoms with van der Waals surface area (Å²) in [6.45, 7) is 0. The van der Waals surface area contributed by atoms with E-state index in [1.807, 2.05) is 18.2 Å². The Morgan fingerprint density at radius 2 is 1.96 bits per heavy atom. The first-order valence-corrected chi connectivity index (χ1v) is 8.19. The maximum atomic E-state index is 13.8. The number of amides is 1. The van der Waals surface area contributed by atoms with Crippen LogP contribution in [0, 0.1) is 11.6 Å². The number of hydrogen-bond acceptors (Lipinski definition) is 4. The van der Waals surface area contributed by atoms with Crippen molar-refractivity contribution in [2.75, 3.05) is 5.32 Å². The van der Waals surface area contributed by atoms with Crippen molar-refractivity contribution in [3.05, 3.63) is 71.3 Å². The summed E-state index contributed by atoms with van der Waals surface area (Å²) in [4.78, 5) is 16.4. The number of furan rings is 1. The molecule has 0 saturated carbocycles. The van der Waals surface area contributed by atoms with E-state index in [1.54, 1.807) is 17.5 Å². The van der Waals surface area contributed by atoms with Crippen LogP contribution in [0.3, 0.4) is 0 Å². The topological polar surface area (TPSA) is 55.1 Å². The fourth-order valence-electron chi connectivity index (χ4n) is 2.40. The van der Waals surface area contributed by atoms with Crippen LogP contribution < -0.4 is 5.32 Å². The Balaban J connectivity index is 1.58. The molecule has 25 heavy (non-hydrogen) atoms. The molecule has 4 rings (SSSR count). The number of benzene rings is 2. The van der Waals surface area contributed by atoms with Gasteiger partial charge in [0.1, 0.15) is 17.2 Å². The van der Waals surface area contributed by atoms with Crippen LogP contribution in [-0.2, 0) is 0 Å². The zero-order valence-corrected chi connectivity index (χ0v) is 13.4. The maximum Gasteiger partial charge on any atom is 0.293 e. The lowest BCUT2D eigenvalue weighted by Gasteiger charge is -2.00. The average Bonchev–Trinajstić information content (AvgIpc) is 3.23. The summed E-state index contributed by atoms with van der Waals surface area (Å²) in [5, 5.41) is 5.23. The normalized spacial score (nSPS) is 11.0. The van der Waals surface area contributed by atoms with Crippen LogP contribution >= 0.6 is 11.3 Å². The van der Waals surface area contributed by atoms with Gasteiger partial charge in [-0.3, -0.25) is 10.1 Å². The average molecular weight is 356 g/mol. The second kappa shape index (κ2) is 6.10. The number of nitrogens with one attached hydrogen (secondary N) is 1. The van der Waals surface area contributed by atoms with E-state index in [2.05, 4.69) is 10.3 Å². The Kier molecular flexibility index (Phi) is 3.77. The van der Waals surface area contributed by atoms with E-state index in [0.29, 0.717) is 5.58 Å². The predicted octanol–water partition coefficient (Wildman–Crippen LogP) is 5.09. The van der Waals surface area contributed by atoms with E-state index in [9.17, 15) is 13.6 Å². The first kappa shape index (κ1) is 15.5. The van der Waals surface area contributed by atoms with E-state index >= 15 is 0 Å². The highest BCUT2D eigenvalue weighted by molar-refractivity contribution is 7.14. The molecule has 0 unspecified atom stereocenters. The molecule has 0 fully saturated rings. The van der Waals surface area contributed by atoms with Gasteiger partial charge in [-0.25, -0.2) is 13.8 Å². The summed E-state index contributed by atoms with van der Waals surface area (Å²) in [5.74, 6) is -1.45. The smallest absolute Gasteiger partial charge is 0.293 e. The van der Waals surface area contributed by atoms with Crippen molar-refractivity contribution >= 4 is 33.3 Å². The molecule has 7 heteroatoms. The molecule has 2 aromatic carbocycles. The molecular formula is C18H10F2N2O2S. The number of para-hydroxylation sites is 1. The second-order valence-electron chi connectivity index (χ2n) is 5.26. The molecule has 2 heterocycles. The number of rotatable bonds is 3. The van der Waals surface area contributed by atoms with Gasteiger partial charge in [0.25, 0.3) is 5.91 Å². The highest BCUT2D eigenvalue weighted by Gasteiger charge is 2.16. The Bertz CT molecular complexity index is 1050. The number of anilines is 1. The lowest BCUT2D eigenvalue weighted by Crippen LogP contribution is -2.10. The quantitative estimate of drug-likeness (QED) is 0.556. The van der Waals surface area contributed by atoms with Crippen molar-refractivity contribution in [2.24, 2.45) is 0 Å². The van der Waals surface area contributed by atoms with Crippen LogP contribution in [0.2, 0.25) is 0 Å². The molecule has 0 bridgehead atoms. The minimum atomic E-state index is -0.582. The molecule has 0 saturated heterocycles. The van der Waals surface area contributed by atoms with Crippen LogP contribution in [0.5, 0.6) is 0 Å². The fraction of sp³-hybridized carbons (Fsp3) is 0. The summed E-state index contributed by atoms with van der Waals surface area (Å²) in [5.41, 5.74) is 0.900. The lowest BCUT2D eigenvalue weighted by molar-refractivity contribution is 0.0998. The molecule has 4 aromatic rings. The molecule has 4 nitrogen and oxygen atoms in total. The lowest BCUT2D eigenvalue weighted by atomic mass is 10.1. The van der Waals surface area contributed by atoms with Crippen LogP contribution in [0.25, 0.3) is 22.2 Å². The third kappa shape index (κ3) is 3.01. The molecule has 1 N–H and O–H groups in total. The number of nitrogens with zero attached hydrogens (tertiary/aromatic N) is 1. The minimum Gasteiger partial charge on any atom is -0.451 e. The van der Waals surface area contributed by atoms with Crippen molar-refractivity contribution in [3.63, 3.8) is 0 Å². The van der Waals surface area contributed by atoms with Gasteiger partial charge in [-0.15, -0.1) is 11.3 Å². The number of carbonyl (C=O) groups is 1. The largest absolute Gasteiger partial charge is 0.451 e. The van der Waals surface area contributed by atoms with Crippen molar-refractivity contribution in [1.82, 2.24) is 4.98 Å². The zero-order chi connectivity index (χ0) is 17.4. The highest BCUT2D eigenvalue weighted by Crippen LogP contribution is 2.28. The summed E-state index contributed by atoms with van der Waals surface area (Å²) in [6, 6.07) is 12.0. The van der Waals surface area contributed by atoms with Gasteiger partial charge in [-0.2, -0.15) is 0 Å². The highest BCUT2D eigenvalue weighted by atomic mass is 32.1. The summed E-state index contributed by atoms with van der Waals surface area (Å²) < 4.78 is 32.6. The second-order valence-corrected chi connectivity index (χ2v) is 6.12. The van der Waals surface area contributed by atoms with Crippen molar-refractivity contribution in [3.8, 4) is 11.3 Å². The van der Waals surface area contributed by atoms with E-state index in [0.717, 1.165) is 34.9 Å².